The van der Waals surface area contributed by atoms with Crippen molar-refractivity contribution in [2.75, 3.05) is 46.6 Å². The van der Waals surface area contributed by atoms with E-state index in [1.165, 1.54) is 19.2 Å². The number of rotatable bonds is 11. The summed E-state index contributed by atoms with van der Waals surface area (Å²) >= 11 is 12.0. The third-order valence-electron chi connectivity index (χ3n) is 4.67. The molecule has 11 heteroatoms. The molecule has 2 aromatic carbocycles. The van der Waals surface area contributed by atoms with Gasteiger partial charge in [-0.15, -0.1) is 0 Å². The number of halogens is 2. The van der Waals surface area contributed by atoms with Gasteiger partial charge >= 0.3 is 0 Å². The van der Waals surface area contributed by atoms with Gasteiger partial charge in [0.25, 0.3) is 5.91 Å². The van der Waals surface area contributed by atoms with Gasteiger partial charge in [-0.2, -0.15) is 5.06 Å². The van der Waals surface area contributed by atoms with Gasteiger partial charge in [0.05, 0.1) is 30.3 Å². The molecule has 1 heterocycles. The Hall–Kier alpha value is -2.27. The summed E-state index contributed by atoms with van der Waals surface area (Å²) in [5.41, 5.74) is 0.194. The number of aliphatic hydroxyl groups is 2. The van der Waals surface area contributed by atoms with E-state index in [-0.39, 0.29) is 54.6 Å². The molecule has 33 heavy (non-hydrogen) atoms. The molecule has 0 aromatic heterocycles. The summed E-state index contributed by atoms with van der Waals surface area (Å²) < 4.78 is 16.9. The maximum atomic E-state index is 12.2. The van der Waals surface area contributed by atoms with Crippen molar-refractivity contribution in [1.82, 2.24) is 10.4 Å². The van der Waals surface area contributed by atoms with Crippen LogP contribution in [0.25, 0.3) is 0 Å². The largest absolute Gasteiger partial charge is 0.490 e. The fourth-order valence-corrected chi connectivity index (χ4v) is 3.48. The Morgan fingerprint density at radius 2 is 2.00 bits per heavy atom. The first kappa shape index (κ1) is 25.4. The Bertz CT molecular complexity index is 930. The summed E-state index contributed by atoms with van der Waals surface area (Å²) in [6.45, 7) is 0.724. The number of ether oxygens (including phenoxy) is 3. The third kappa shape index (κ3) is 7.36. The molecule has 180 valence electrons. The Morgan fingerprint density at radius 3 is 2.70 bits per heavy atom. The molecule has 1 amide bonds. The zero-order valence-electron chi connectivity index (χ0n) is 18.0. The first-order valence-electron chi connectivity index (χ1n) is 10.3. The van der Waals surface area contributed by atoms with Crippen LogP contribution >= 0.6 is 23.2 Å². The highest BCUT2D eigenvalue weighted by atomic mass is 35.5. The van der Waals surface area contributed by atoms with Gasteiger partial charge in [-0.25, -0.2) is 0 Å². The van der Waals surface area contributed by atoms with Crippen LogP contribution in [-0.4, -0.2) is 80.0 Å². The van der Waals surface area contributed by atoms with Crippen molar-refractivity contribution in [2.45, 2.75) is 12.2 Å². The lowest BCUT2D eigenvalue weighted by Crippen LogP contribution is -2.35. The van der Waals surface area contributed by atoms with Crippen molar-refractivity contribution in [3.05, 3.63) is 52.0 Å². The summed E-state index contributed by atoms with van der Waals surface area (Å²) in [6.07, 6.45) is -1.10. The molecule has 0 aliphatic carbocycles. The van der Waals surface area contributed by atoms with Crippen molar-refractivity contribution in [1.29, 1.82) is 0 Å². The topological polar surface area (TPSA) is 110 Å². The van der Waals surface area contributed by atoms with Crippen LogP contribution in [0.4, 0.5) is 0 Å². The zero-order valence-corrected chi connectivity index (χ0v) is 19.5. The van der Waals surface area contributed by atoms with Crippen LogP contribution in [0, 0.1) is 0 Å². The predicted molar refractivity (Wildman–Crippen MR) is 122 cm³/mol. The molecule has 9 nitrogen and oxygen atoms in total. The zero-order chi connectivity index (χ0) is 23.8. The average Bonchev–Trinajstić information content (AvgIpc) is 3.24. The normalized spacial score (nSPS) is 16.9. The highest BCUT2D eigenvalue weighted by Crippen LogP contribution is 2.33. The molecule has 0 spiro atoms. The molecule has 0 unspecified atom stereocenters. The molecule has 0 bridgehead atoms. The van der Waals surface area contributed by atoms with Gasteiger partial charge in [0.1, 0.15) is 49.3 Å². The number of β-amino-alcohol motifs (C(OH)–C–C–N with tert-alkyl or cyclic N) is 1. The maximum Gasteiger partial charge on any atom is 0.254 e. The van der Waals surface area contributed by atoms with Gasteiger partial charge in [-0.3, -0.25) is 9.63 Å². The molecule has 3 N–H and O–H groups in total. The van der Waals surface area contributed by atoms with Crippen molar-refractivity contribution in [3.63, 3.8) is 0 Å². The second-order valence-electron chi connectivity index (χ2n) is 7.23. The Kier molecular flexibility index (Phi) is 9.42. The quantitative estimate of drug-likeness (QED) is 0.430. The van der Waals surface area contributed by atoms with Crippen LogP contribution in [0.15, 0.2) is 36.4 Å². The smallest absolute Gasteiger partial charge is 0.254 e. The van der Waals surface area contributed by atoms with E-state index in [1.807, 2.05) is 0 Å². The Labute approximate surface area is 201 Å². The standard InChI is InChI=1S/C22H26Cl2N2O7/c1-25-22(29)18-8-19(24)21(30-7-6-27)9-20(18)31-12-15(28)10-26-11-17(13-32-26)33-16-4-2-14(23)3-5-16/h2-5,8-9,15,17,27-28H,6-7,10-13H2,1H3,(H,25,29)/t15-,17+/m0/s1. The van der Waals surface area contributed by atoms with E-state index in [1.54, 1.807) is 29.3 Å². The number of benzene rings is 2. The summed E-state index contributed by atoms with van der Waals surface area (Å²) in [6, 6.07) is 9.92. The van der Waals surface area contributed by atoms with Crippen LogP contribution in [0.5, 0.6) is 17.2 Å². The van der Waals surface area contributed by atoms with Crippen molar-refractivity contribution in [3.8, 4) is 17.2 Å². The first-order chi connectivity index (χ1) is 15.9. The molecular formula is C22H26Cl2N2O7. The average molecular weight is 501 g/mol. The lowest BCUT2D eigenvalue weighted by Gasteiger charge is -2.20. The molecule has 1 aliphatic rings. The SMILES string of the molecule is CNC(=O)c1cc(Cl)c(OCCO)cc1OC[C@@H](O)CN1C[C@@H](Oc2ccc(Cl)cc2)CO1. The summed E-state index contributed by atoms with van der Waals surface area (Å²) in [7, 11) is 1.48. The molecule has 0 radical (unpaired) electrons. The second kappa shape index (κ2) is 12.3. The molecule has 0 saturated carbocycles. The number of nitrogens with one attached hydrogen (secondary N) is 1. The van der Waals surface area contributed by atoms with Gasteiger partial charge in [0.15, 0.2) is 0 Å². The van der Waals surface area contributed by atoms with E-state index in [4.69, 9.17) is 47.4 Å². The fourth-order valence-electron chi connectivity index (χ4n) is 3.13. The van der Waals surface area contributed by atoms with Gasteiger partial charge in [-0.1, -0.05) is 23.2 Å². The highest BCUT2D eigenvalue weighted by molar-refractivity contribution is 6.32. The number of hydrogen-bond acceptors (Lipinski definition) is 8. The lowest BCUT2D eigenvalue weighted by molar-refractivity contribution is -0.131. The number of hydroxylamine groups is 2. The Morgan fingerprint density at radius 1 is 1.24 bits per heavy atom. The van der Waals surface area contributed by atoms with Crippen LogP contribution in [0.1, 0.15) is 10.4 Å². The van der Waals surface area contributed by atoms with Gasteiger partial charge in [-0.05, 0) is 30.3 Å². The molecule has 2 aromatic rings. The number of carbonyl (C=O) groups is 1. The maximum absolute atomic E-state index is 12.2. The number of carbonyl (C=O) groups excluding carboxylic acids is 1. The number of aliphatic hydroxyl groups excluding tert-OH is 2. The van der Waals surface area contributed by atoms with Gasteiger partial charge in [0, 0.05) is 18.1 Å². The molecule has 2 atom stereocenters. The predicted octanol–water partition coefficient (Wildman–Crippen LogP) is 2.16. The lowest BCUT2D eigenvalue weighted by atomic mass is 10.1. The first-order valence-corrected chi connectivity index (χ1v) is 11.1. The third-order valence-corrected chi connectivity index (χ3v) is 5.21. The van der Waals surface area contributed by atoms with Crippen LogP contribution in [0.3, 0.4) is 0 Å². The summed E-state index contributed by atoms with van der Waals surface area (Å²) in [4.78, 5) is 17.8. The van der Waals surface area contributed by atoms with E-state index in [2.05, 4.69) is 5.32 Å². The fraction of sp³-hybridized carbons (Fsp3) is 0.409. The van der Waals surface area contributed by atoms with Gasteiger partial charge in [0.2, 0.25) is 0 Å². The monoisotopic (exact) mass is 500 g/mol. The number of amides is 1. The molecular weight excluding hydrogens is 475 g/mol. The minimum absolute atomic E-state index is 0.0344. The summed E-state index contributed by atoms with van der Waals surface area (Å²) in [5, 5.41) is 24.3. The van der Waals surface area contributed by atoms with E-state index >= 15 is 0 Å². The van der Waals surface area contributed by atoms with E-state index in [0.29, 0.717) is 23.9 Å². The van der Waals surface area contributed by atoms with E-state index < -0.39 is 12.0 Å². The minimum Gasteiger partial charge on any atom is -0.490 e. The van der Waals surface area contributed by atoms with E-state index in [0.717, 1.165) is 0 Å². The highest BCUT2D eigenvalue weighted by Gasteiger charge is 2.27. The summed E-state index contributed by atoms with van der Waals surface area (Å²) in [5.74, 6) is 0.729. The molecule has 3 rings (SSSR count). The Balaban J connectivity index is 1.54. The molecule has 1 aliphatic heterocycles. The molecule has 1 fully saturated rings. The van der Waals surface area contributed by atoms with Crippen molar-refractivity contribution in [2.24, 2.45) is 0 Å². The van der Waals surface area contributed by atoms with Crippen molar-refractivity contribution >= 4 is 29.1 Å². The van der Waals surface area contributed by atoms with Gasteiger partial charge < -0.3 is 29.7 Å². The van der Waals surface area contributed by atoms with Crippen molar-refractivity contribution < 1.29 is 34.1 Å². The second-order valence-corrected chi connectivity index (χ2v) is 8.07. The molecule has 1 saturated heterocycles. The minimum atomic E-state index is -0.908. The van der Waals surface area contributed by atoms with E-state index in [9.17, 15) is 9.90 Å². The number of nitrogens with zero attached hydrogens (tertiary/aromatic N) is 1. The van der Waals surface area contributed by atoms with Crippen LogP contribution < -0.4 is 19.5 Å². The van der Waals surface area contributed by atoms with Crippen LogP contribution in [0.2, 0.25) is 10.0 Å². The number of hydrogen-bond donors (Lipinski definition) is 3. The van der Waals surface area contributed by atoms with Crippen LogP contribution in [-0.2, 0) is 4.84 Å².